The predicted molar refractivity (Wildman–Crippen MR) is 139 cm³/mol. The summed E-state index contributed by atoms with van der Waals surface area (Å²) in [4.78, 5) is 22.2. The molecule has 0 spiro atoms. The van der Waals surface area contributed by atoms with Gasteiger partial charge in [0.15, 0.2) is 0 Å². The predicted octanol–water partition coefficient (Wildman–Crippen LogP) is 5.86. The van der Waals surface area contributed by atoms with E-state index in [1.54, 1.807) is 0 Å². The highest BCUT2D eigenvalue weighted by atomic mass is 16.2. The largest absolute Gasteiger partial charge is 0.358 e. The van der Waals surface area contributed by atoms with Crippen LogP contribution in [0.2, 0.25) is 0 Å². The average molecular weight is 460 g/mol. The van der Waals surface area contributed by atoms with E-state index < -0.39 is 0 Å². The Labute approximate surface area is 205 Å². The van der Waals surface area contributed by atoms with Crippen LogP contribution in [0.25, 0.3) is 10.9 Å². The maximum absolute atomic E-state index is 13.9. The van der Waals surface area contributed by atoms with Gasteiger partial charge in [-0.15, -0.1) is 0 Å². The Balaban J connectivity index is 1.32. The SMILES string of the molecule is Cc1ccc([C@H]2C[C@@H]3c4[nH]c5ccccc5c4CCN3C3=C2CN(Cc2ccccc2)C3=O)cc1. The van der Waals surface area contributed by atoms with Gasteiger partial charge in [-0.2, -0.15) is 0 Å². The molecule has 0 fully saturated rings. The number of carbonyl (C=O) groups excluding carboxylic acids is 1. The monoisotopic (exact) mass is 459 g/mol. The van der Waals surface area contributed by atoms with E-state index in [4.69, 9.17) is 0 Å². The number of nitrogens with zero attached hydrogens (tertiary/aromatic N) is 2. The third-order valence-electron chi connectivity index (χ3n) is 8.18. The van der Waals surface area contributed by atoms with Crippen LogP contribution in [0.3, 0.4) is 0 Å². The molecule has 35 heavy (non-hydrogen) atoms. The van der Waals surface area contributed by atoms with Crippen LogP contribution in [0.4, 0.5) is 0 Å². The lowest BCUT2D eigenvalue weighted by atomic mass is 9.78. The van der Waals surface area contributed by atoms with Crippen LogP contribution >= 0.6 is 0 Å². The van der Waals surface area contributed by atoms with E-state index in [2.05, 4.69) is 89.6 Å². The van der Waals surface area contributed by atoms with Gasteiger partial charge < -0.3 is 14.8 Å². The van der Waals surface area contributed by atoms with Gasteiger partial charge in [-0.05, 0) is 48.1 Å². The molecule has 1 amide bonds. The lowest BCUT2D eigenvalue weighted by Gasteiger charge is -2.43. The summed E-state index contributed by atoms with van der Waals surface area (Å²) in [6.45, 7) is 4.40. The molecule has 1 N–H and O–H groups in total. The van der Waals surface area contributed by atoms with Crippen molar-refractivity contribution in [3.63, 3.8) is 0 Å². The number of hydrogen-bond acceptors (Lipinski definition) is 2. The van der Waals surface area contributed by atoms with E-state index in [0.29, 0.717) is 13.1 Å². The van der Waals surface area contributed by atoms with Crippen molar-refractivity contribution in [1.29, 1.82) is 0 Å². The zero-order valence-corrected chi connectivity index (χ0v) is 20.0. The molecular formula is C31H29N3O. The number of nitrogens with one attached hydrogen (secondary N) is 1. The van der Waals surface area contributed by atoms with Crippen molar-refractivity contribution in [3.8, 4) is 0 Å². The first-order chi connectivity index (χ1) is 17.2. The van der Waals surface area contributed by atoms with Crippen molar-refractivity contribution in [2.75, 3.05) is 13.1 Å². The number of hydrogen-bond donors (Lipinski definition) is 1. The van der Waals surface area contributed by atoms with Gasteiger partial charge >= 0.3 is 0 Å². The van der Waals surface area contributed by atoms with E-state index in [1.807, 2.05) is 11.0 Å². The van der Waals surface area contributed by atoms with Crippen LogP contribution in [-0.4, -0.2) is 33.8 Å². The quantitative estimate of drug-likeness (QED) is 0.417. The molecule has 0 saturated heterocycles. The minimum Gasteiger partial charge on any atom is -0.358 e. The Hall–Kier alpha value is -3.79. The second kappa shape index (κ2) is 7.88. The number of amides is 1. The summed E-state index contributed by atoms with van der Waals surface area (Å²) in [5.41, 5.74) is 9.95. The summed E-state index contributed by atoms with van der Waals surface area (Å²) in [7, 11) is 0. The molecule has 3 aliphatic rings. The van der Waals surface area contributed by atoms with Crippen molar-refractivity contribution in [2.24, 2.45) is 0 Å². The van der Waals surface area contributed by atoms with Crippen molar-refractivity contribution >= 4 is 16.8 Å². The van der Waals surface area contributed by atoms with Crippen molar-refractivity contribution in [1.82, 2.24) is 14.8 Å². The highest BCUT2D eigenvalue weighted by Crippen LogP contribution is 2.50. The summed E-state index contributed by atoms with van der Waals surface area (Å²) in [6, 6.07) is 28.1. The van der Waals surface area contributed by atoms with Crippen LogP contribution in [0.15, 0.2) is 90.1 Å². The van der Waals surface area contributed by atoms with Gasteiger partial charge in [-0.25, -0.2) is 0 Å². The standard InChI is InChI=1S/C31H29N3O/c1-20-11-13-22(14-12-20)25-17-28-29-24(23-9-5-6-10-27(23)32-29)15-16-34(28)30-26(25)19-33(31(30)35)18-21-7-3-2-4-8-21/h2-14,25,28,32H,15-19H2,1H3/t25-,28-/m1/s1. The van der Waals surface area contributed by atoms with Gasteiger partial charge in [0.25, 0.3) is 5.91 Å². The lowest BCUT2D eigenvalue weighted by Crippen LogP contribution is -2.41. The molecule has 4 heterocycles. The molecule has 0 bridgehead atoms. The fourth-order valence-electron chi connectivity index (χ4n) is 6.49. The fraction of sp³-hybridized carbons (Fsp3) is 0.258. The van der Waals surface area contributed by atoms with Gasteiger partial charge in [-0.3, -0.25) is 4.79 Å². The Bertz CT molecular complexity index is 1460. The zero-order valence-electron chi connectivity index (χ0n) is 20.0. The molecule has 3 aromatic carbocycles. The molecule has 0 unspecified atom stereocenters. The van der Waals surface area contributed by atoms with Crippen molar-refractivity contribution < 1.29 is 4.79 Å². The molecule has 0 aliphatic carbocycles. The second-order valence-corrected chi connectivity index (χ2v) is 10.2. The number of aromatic amines is 1. The number of aromatic nitrogens is 1. The van der Waals surface area contributed by atoms with E-state index in [-0.39, 0.29) is 17.9 Å². The number of fused-ring (bicyclic) bond motifs is 6. The minimum absolute atomic E-state index is 0.185. The van der Waals surface area contributed by atoms with E-state index in [0.717, 1.165) is 25.1 Å². The molecule has 3 aliphatic heterocycles. The summed E-state index contributed by atoms with van der Waals surface area (Å²) in [6.07, 6.45) is 1.96. The maximum Gasteiger partial charge on any atom is 0.270 e. The van der Waals surface area contributed by atoms with Crippen molar-refractivity contribution in [3.05, 3.63) is 118 Å². The Kier molecular flexibility index (Phi) is 4.63. The minimum atomic E-state index is 0.185. The normalized spacial score (nSPS) is 21.3. The molecule has 0 radical (unpaired) electrons. The average Bonchev–Trinajstić information content (AvgIpc) is 3.43. The molecule has 4 heteroatoms. The van der Waals surface area contributed by atoms with Crippen LogP contribution < -0.4 is 0 Å². The number of benzene rings is 3. The Morgan fingerprint density at radius 2 is 1.71 bits per heavy atom. The van der Waals surface area contributed by atoms with Crippen LogP contribution in [-0.2, 0) is 17.8 Å². The third-order valence-corrected chi connectivity index (χ3v) is 8.18. The Morgan fingerprint density at radius 3 is 2.54 bits per heavy atom. The number of carbonyl (C=O) groups is 1. The van der Waals surface area contributed by atoms with Gasteiger partial charge in [0.2, 0.25) is 0 Å². The van der Waals surface area contributed by atoms with Crippen molar-refractivity contribution in [2.45, 2.75) is 38.3 Å². The lowest BCUT2D eigenvalue weighted by molar-refractivity contribution is -0.127. The first-order valence-electron chi connectivity index (χ1n) is 12.7. The van der Waals surface area contributed by atoms with E-state index >= 15 is 0 Å². The summed E-state index contributed by atoms with van der Waals surface area (Å²) < 4.78 is 0. The van der Waals surface area contributed by atoms with Gasteiger partial charge in [0.05, 0.1) is 6.04 Å². The molecule has 0 saturated carbocycles. The van der Waals surface area contributed by atoms with Gasteiger partial charge in [0, 0.05) is 42.1 Å². The molecule has 174 valence electrons. The summed E-state index contributed by atoms with van der Waals surface area (Å²) in [5.74, 6) is 0.430. The van der Waals surface area contributed by atoms with E-state index in [1.165, 1.54) is 44.4 Å². The van der Waals surface area contributed by atoms with E-state index in [9.17, 15) is 4.79 Å². The summed E-state index contributed by atoms with van der Waals surface area (Å²) in [5, 5.41) is 1.33. The first-order valence-corrected chi connectivity index (χ1v) is 12.7. The van der Waals surface area contributed by atoms with Gasteiger partial charge in [-0.1, -0.05) is 78.4 Å². The molecule has 4 aromatic rings. The molecule has 2 atom stereocenters. The van der Waals surface area contributed by atoms with Crippen LogP contribution in [0.1, 0.15) is 46.3 Å². The second-order valence-electron chi connectivity index (χ2n) is 10.2. The first kappa shape index (κ1) is 20.6. The van der Waals surface area contributed by atoms with Crippen LogP contribution in [0, 0.1) is 6.92 Å². The Morgan fingerprint density at radius 1 is 0.943 bits per heavy atom. The maximum atomic E-state index is 13.9. The number of aryl methyl sites for hydroxylation is 1. The number of rotatable bonds is 3. The molecule has 4 nitrogen and oxygen atoms in total. The highest BCUT2D eigenvalue weighted by Gasteiger charge is 2.46. The fourth-order valence-corrected chi connectivity index (χ4v) is 6.49. The third kappa shape index (κ3) is 3.23. The van der Waals surface area contributed by atoms with Crippen LogP contribution in [0.5, 0.6) is 0 Å². The number of H-pyrrole nitrogens is 1. The topological polar surface area (TPSA) is 39.3 Å². The highest BCUT2D eigenvalue weighted by molar-refractivity contribution is 5.97. The smallest absolute Gasteiger partial charge is 0.270 e. The van der Waals surface area contributed by atoms with Gasteiger partial charge in [0.1, 0.15) is 5.70 Å². The summed E-state index contributed by atoms with van der Waals surface area (Å²) >= 11 is 0. The molecule has 7 rings (SSSR count). The molecular weight excluding hydrogens is 430 g/mol. The molecule has 1 aromatic heterocycles. The number of para-hydroxylation sites is 1. The zero-order chi connectivity index (χ0) is 23.5.